The smallest absolute Gasteiger partial charge is 0.261 e. The number of aliphatic hydroxyl groups excluding tert-OH is 1. The van der Waals surface area contributed by atoms with Crippen LogP contribution in [0.3, 0.4) is 0 Å². The first kappa shape index (κ1) is 12.2. The Hall–Kier alpha value is -1.31. The van der Waals surface area contributed by atoms with Crippen molar-refractivity contribution in [2.45, 2.75) is 25.8 Å². The Morgan fingerprint density at radius 2 is 2.47 bits per heavy atom. The van der Waals surface area contributed by atoms with E-state index in [1.54, 1.807) is 6.07 Å². The summed E-state index contributed by atoms with van der Waals surface area (Å²) in [4.78, 5) is 13.3. The second-order valence-electron chi connectivity index (χ2n) is 4.11. The molecule has 0 radical (unpaired) electrons. The van der Waals surface area contributed by atoms with Crippen molar-refractivity contribution >= 4 is 17.2 Å². The Labute approximate surface area is 105 Å². The third-order valence-corrected chi connectivity index (χ3v) is 3.88. The topological polar surface area (TPSA) is 49.3 Å². The molecule has 2 atom stereocenters. The standard InChI is InChI=1S/C13H15NO2S/c1-2-9-8-11(9)14-13(16)12-6-5-10(17-12)4-3-7-15/h5-6,9,11,15H,2,7-8H2,1H3,(H,14,16). The second kappa shape index (κ2) is 5.35. The van der Waals surface area contributed by atoms with Gasteiger partial charge >= 0.3 is 0 Å². The minimum atomic E-state index is -0.153. The third-order valence-electron chi connectivity index (χ3n) is 2.88. The molecule has 1 aliphatic rings. The van der Waals surface area contributed by atoms with Gasteiger partial charge in [-0.3, -0.25) is 4.79 Å². The highest BCUT2D eigenvalue weighted by Crippen LogP contribution is 2.33. The number of aliphatic hydroxyl groups is 1. The number of amides is 1. The summed E-state index contributed by atoms with van der Waals surface area (Å²) in [7, 11) is 0. The van der Waals surface area contributed by atoms with Crippen molar-refractivity contribution < 1.29 is 9.90 Å². The molecule has 0 spiro atoms. The van der Waals surface area contributed by atoms with Crippen molar-refractivity contribution in [1.29, 1.82) is 0 Å². The summed E-state index contributed by atoms with van der Waals surface area (Å²) in [6.45, 7) is 1.99. The van der Waals surface area contributed by atoms with E-state index in [0.29, 0.717) is 16.8 Å². The van der Waals surface area contributed by atoms with E-state index in [0.717, 1.165) is 17.7 Å². The molecule has 1 aromatic rings. The fraction of sp³-hybridized carbons (Fsp3) is 0.462. The molecule has 0 bridgehead atoms. The van der Waals surface area contributed by atoms with Crippen LogP contribution in [0, 0.1) is 17.8 Å². The fourth-order valence-corrected chi connectivity index (χ4v) is 2.55. The molecular weight excluding hydrogens is 234 g/mol. The lowest BCUT2D eigenvalue weighted by molar-refractivity contribution is 0.0953. The van der Waals surface area contributed by atoms with Gasteiger partial charge in [-0.1, -0.05) is 25.2 Å². The van der Waals surface area contributed by atoms with Crippen LogP contribution in [-0.2, 0) is 0 Å². The van der Waals surface area contributed by atoms with Gasteiger partial charge in [0.1, 0.15) is 6.61 Å². The molecule has 2 rings (SSSR count). The van der Waals surface area contributed by atoms with Gasteiger partial charge in [0.2, 0.25) is 0 Å². The molecule has 1 heterocycles. The molecule has 2 N–H and O–H groups in total. The van der Waals surface area contributed by atoms with Crippen LogP contribution in [-0.4, -0.2) is 23.7 Å². The summed E-state index contributed by atoms with van der Waals surface area (Å²) in [6, 6.07) is 3.96. The number of rotatable bonds is 3. The van der Waals surface area contributed by atoms with E-state index in [4.69, 9.17) is 5.11 Å². The maximum Gasteiger partial charge on any atom is 0.261 e. The van der Waals surface area contributed by atoms with Crippen LogP contribution in [0.25, 0.3) is 0 Å². The Bertz CT molecular complexity index is 469. The molecule has 1 saturated carbocycles. The summed E-state index contributed by atoms with van der Waals surface area (Å²) >= 11 is 1.36. The highest BCUT2D eigenvalue weighted by Gasteiger charge is 2.36. The molecular formula is C13H15NO2S. The van der Waals surface area contributed by atoms with Crippen LogP contribution in [0.1, 0.15) is 34.3 Å². The highest BCUT2D eigenvalue weighted by atomic mass is 32.1. The van der Waals surface area contributed by atoms with Crippen LogP contribution in [0.15, 0.2) is 12.1 Å². The largest absolute Gasteiger partial charge is 0.384 e. The number of nitrogens with one attached hydrogen (secondary N) is 1. The minimum Gasteiger partial charge on any atom is -0.384 e. The first-order valence-corrected chi connectivity index (χ1v) is 6.56. The average molecular weight is 249 g/mol. The normalized spacial score (nSPS) is 21.5. The maximum absolute atomic E-state index is 11.8. The molecule has 0 aromatic carbocycles. The molecule has 3 nitrogen and oxygen atoms in total. The highest BCUT2D eigenvalue weighted by molar-refractivity contribution is 7.14. The molecule has 1 aromatic heterocycles. The summed E-state index contributed by atoms with van der Waals surface area (Å²) in [5.41, 5.74) is 0. The van der Waals surface area contributed by atoms with E-state index in [1.807, 2.05) is 6.07 Å². The number of thiophene rings is 1. The molecule has 0 aliphatic heterocycles. The molecule has 17 heavy (non-hydrogen) atoms. The van der Waals surface area contributed by atoms with Crippen LogP contribution >= 0.6 is 11.3 Å². The van der Waals surface area contributed by atoms with E-state index in [2.05, 4.69) is 24.1 Å². The summed E-state index contributed by atoms with van der Waals surface area (Å²) in [5, 5.41) is 11.6. The molecule has 0 saturated heterocycles. The van der Waals surface area contributed by atoms with Crippen molar-refractivity contribution in [3.63, 3.8) is 0 Å². The van der Waals surface area contributed by atoms with E-state index >= 15 is 0 Å². The molecule has 90 valence electrons. The Balaban J connectivity index is 1.93. The summed E-state index contributed by atoms with van der Waals surface area (Å²) in [5.74, 6) is 6.02. The van der Waals surface area contributed by atoms with E-state index in [1.165, 1.54) is 11.3 Å². The van der Waals surface area contributed by atoms with Crippen molar-refractivity contribution in [2.75, 3.05) is 6.61 Å². The molecule has 2 unspecified atom stereocenters. The lowest BCUT2D eigenvalue weighted by Gasteiger charge is -2.00. The second-order valence-corrected chi connectivity index (χ2v) is 5.19. The quantitative estimate of drug-likeness (QED) is 0.800. The first-order chi connectivity index (χ1) is 8.24. The van der Waals surface area contributed by atoms with Gasteiger partial charge in [-0.15, -0.1) is 11.3 Å². The van der Waals surface area contributed by atoms with Gasteiger partial charge in [0.15, 0.2) is 0 Å². The summed E-state index contributed by atoms with van der Waals surface area (Å²) in [6.07, 6.45) is 2.23. The minimum absolute atomic E-state index is 0.00648. The van der Waals surface area contributed by atoms with E-state index < -0.39 is 0 Å². The zero-order valence-electron chi connectivity index (χ0n) is 9.69. The van der Waals surface area contributed by atoms with E-state index in [-0.39, 0.29) is 12.5 Å². The van der Waals surface area contributed by atoms with Gasteiger partial charge in [0.05, 0.1) is 9.75 Å². The van der Waals surface area contributed by atoms with Gasteiger partial charge in [0.25, 0.3) is 5.91 Å². The van der Waals surface area contributed by atoms with Crippen molar-refractivity contribution in [3.8, 4) is 11.8 Å². The average Bonchev–Trinajstić information content (AvgIpc) is 2.90. The lowest BCUT2D eigenvalue weighted by atomic mass is 10.3. The van der Waals surface area contributed by atoms with Crippen molar-refractivity contribution in [3.05, 3.63) is 21.9 Å². The fourth-order valence-electron chi connectivity index (χ4n) is 1.77. The van der Waals surface area contributed by atoms with Crippen LogP contribution in [0.2, 0.25) is 0 Å². The Kier molecular flexibility index (Phi) is 3.82. The Morgan fingerprint density at radius 3 is 3.12 bits per heavy atom. The van der Waals surface area contributed by atoms with Crippen LogP contribution in [0.4, 0.5) is 0 Å². The van der Waals surface area contributed by atoms with Crippen molar-refractivity contribution in [2.24, 2.45) is 5.92 Å². The molecule has 1 amide bonds. The monoisotopic (exact) mass is 249 g/mol. The Morgan fingerprint density at radius 1 is 1.65 bits per heavy atom. The number of hydrogen-bond donors (Lipinski definition) is 2. The lowest BCUT2D eigenvalue weighted by Crippen LogP contribution is -2.25. The SMILES string of the molecule is CCC1CC1NC(=O)c1ccc(C#CCO)s1. The van der Waals surface area contributed by atoms with Gasteiger partial charge in [0, 0.05) is 6.04 Å². The molecule has 1 aliphatic carbocycles. The maximum atomic E-state index is 11.8. The number of carbonyl (C=O) groups is 1. The van der Waals surface area contributed by atoms with Gasteiger partial charge in [-0.2, -0.15) is 0 Å². The predicted octanol–water partition coefficient (Wildman–Crippen LogP) is 1.62. The summed E-state index contributed by atoms with van der Waals surface area (Å²) < 4.78 is 0. The molecule has 4 heteroatoms. The number of hydrogen-bond acceptors (Lipinski definition) is 3. The zero-order chi connectivity index (χ0) is 12.3. The van der Waals surface area contributed by atoms with Crippen LogP contribution in [0.5, 0.6) is 0 Å². The van der Waals surface area contributed by atoms with Gasteiger partial charge < -0.3 is 10.4 Å². The predicted molar refractivity (Wildman–Crippen MR) is 67.9 cm³/mol. The molecule has 1 fully saturated rings. The van der Waals surface area contributed by atoms with E-state index in [9.17, 15) is 4.79 Å². The number of carbonyl (C=O) groups excluding carboxylic acids is 1. The van der Waals surface area contributed by atoms with Crippen LogP contribution < -0.4 is 5.32 Å². The zero-order valence-corrected chi connectivity index (χ0v) is 10.5. The first-order valence-electron chi connectivity index (χ1n) is 5.75. The van der Waals surface area contributed by atoms with Gasteiger partial charge in [-0.05, 0) is 24.5 Å². The third kappa shape index (κ3) is 3.09. The van der Waals surface area contributed by atoms with Gasteiger partial charge in [-0.25, -0.2) is 0 Å². The van der Waals surface area contributed by atoms with Crippen molar-refractivity contribution in [1.82, 2.24) is 5.32 Å².